The molecule has 3 heterocycles. The predicted molar refractivity (Wildman–Crippen MR) is 96.3 cm³/mol. The minimum Gasteiger partial charge on any atom is -0.302 e. The van der Waals surface area contributed by atoms with Gasteiger partial charge in [0.1, 0.15) is 0 Å². The zero-order chi connectivity index (χ0) is 20.9. The van der Waals surface area contributed by atoms with E-state index in [-0.39, 0.29) is 22.7 Å². The molecule has 0 unspecified atom stereocenters. The molecule has 2 fully saturated rings. The molecule has 0 radical (unpaired) electrons. The molecule has 156 valence electrons. The van der Waals surface area contributed by atoms with E-state index in [1.807, 2.05) is 6.07 Å². The first-order valence-electron chi connectivity index (χ1n) is 9.56. The highest BCUT2D eigenvalue weighted by atomic mass is 19.4. The van der Waals surface area contributed by atoms with Gasteiger partial charge in [0.15, 0.2) is 0 Å². The van der Waals surface area contributed by atoms with Gasteiger partial charge in [0.05, 0.1) is 16.8 Å². The summed E-state index contributed by atoms with van der Waals surface area (Å²) in [5.74, 6) is 0. The molecule has 2 nitrogen and oxygen atoms in total. The minimum absolute atomic E-state index is 0.0209. The van der Waals surface area contributed by atoms with Crippen molar-refractivity contribution in [2.24, 2.45) is 0 Å². The Morgan fingerprint density at radius 3 is 1.90 bits per heavy atom. The Hall–Kier alpha value is -2.09. The molecule has 0 saturated carbocycles. The van der Waals surface area contributed by atoms with Crippen LogP contribution in [0.3, 0.4) is 0 Å². The van der Waals surface area contributed by atoms with E-state index >= 15 is 0 Å². The monoisotopic (exact) mass is 414 g/mol. The van der Waals surface area contributed by atoms with Gasteiger partial charge in [0.25, 0.3) is 0 Å². The number of fused-ring (bicyclic) bond motifs is 2. The van der Waals surface area contributed by atoms with Crippen molar-refractivity contribution >= 4 is 0 Å². The first kappa shape index (κ1) is 20.2. The lowest BCUT2D eigenvalue weighted by Gasteiger charge is -2.47. The largest absolute Gasteiger partial charge is 0.416 e. The van der Waals surface area contributed by atoms with Gasteiger partial charge in [-0.15, -0.1) is 0 Å². The van der Waals surface area contributed by atoms with Crippen LogP contribution in [0.4, 0.5) is 26.3 Å². The lowest BCUT2D eigenvalue weighted by Crippen LogP contribution is -2.50. The molecule has 1 aromatic carbocycles. The van der Waals surface area contributed by atoms with Gasteiger partial charge in [-0.2, -0.15) is 26.3 Å². The number of piperidine rings is 2. The maximum absolute atomic E-state index is 13.1. The first-order valence-corrected chi connectivity index (χ1v) is 9.56. The number of pyridine rings is 1. The summed E-state index contributed by atoms with van der Waals surface area (Å²) < 4.78 is 78.6. The third-order valence-corrected chi connectivity index (χ3v) is 6.04. The normalized spacial score (nSPS) is 25.1. The molecule has 29 heavy (non-hydrogen) atoms. The van der Waals surface area contributed by atoms with E-state index in [2.05, 4.69) is 9.88 Å². The number of halogens is 6. The standard InChI is InChI=1S/C21H20F6N2/c22-20(23,24)16-9-14(10-17(11-16)21(25,26)27)18-4-3-15(12-28-18)19-5-1-7-29(13-19)8-2-6-19/h3-4,9-12H,1-2,5-8,13H2. The van der Waals surface area contributed by atoms with Gasteiger partial charge in [-0.1, -0.05) is 6.07 Å². The lowest BCUT2D eigenvalue weighted by molar-refractivity contribution is -0.143. The summed E-state index contributed by atoms with van der Waals surface area (Å²) in [6.45, 7) is 3.06. The molecule has 1 aromatic heterocycles. The Kier molecular flexibility index (Phi) is 4.88. The topological polar surface area (TPSA) is 16.1 Å². The quantitative estimate of drug-likeness (QED) is 0.568. The fourth-order valence-corrected chi connectivity index (χ4v) is 4.62. The Labute approximate surface area is 164 Å². The summed E-state index contributed by atoms with van der Waals surface area (Å²) in [4.78, 5) is 6.67. The van der Waals surface area contributed by atoms with Gasteiger partial charge >= 0.3 is 12.4 Å². The number of hydrogen-bond acceptors (Lipinski definition) is 2. The van der Waals surface area contributed by atoms with Crippen LogP contribution in [0, 0.1) is 0 Å². The van der Waals surface area contributed by atoms with E-state index in [1.54, 1.807) is 6.20 Å². The van der Waals surface area contributed by atoms with Crippen molar-refractivity contribution in [2.45, 2.75) is 43.5 Å². The van der Waals surface area contributed by atoms with Gasteiger partial charge in [-0.3, -0.25) is 4.98 Å². The van der Waals surface area contributed by atoms with Crippen molar-refractivity contribution < 1.29 is 26.3 Å². The van der Waals surface area contributed by atoms with Crippen LogP contribution in [-0.4, -0.2) is 29.5 Å². The Balaban J connectivity index is 1.70. The molecular weight excluding hydrogens is 394 g/mol. The van der Waals surface area contributed by atoms with Crippen LogP contribution in [0.15, 0.2) is 36.5 Å². The van der Waals surface area contributed by atoms with Crippen molar-refractivity contribution in [3.63, 3.8) is 0 Å². The molecule has 0 amide bonds. The predicted octanol–water partition coefficient (Wildman–Crippen LogP) is 5.91. The number of rotatable bonds is 2. The molecule has 0 atom stereocenters. The van der Waals surface area contributed by atoms with E-state index in [9.17, 15) is 26.3 Å². The molecular formula is C21H20F6N2. The highest BCUT2D eigenvalue weighted by Crippen LogP contribution is 2.42. The van der Waals surface area contributed by atoms with Crippen LogP contribution in [0.1, 0.15) is 42.4 Å². The summed E-state index contributed by atoms with van der Waals surface area (Å²) in [5.41, 5.74) is -1.76. The first-order chi connectivity index (χ1) is 13.6. The molecule has 2 bridgehead atoms. The van der Waals surface area contributed by atoms with Gasteiger partial charge in [-0.25, -0.2) is 0 Å². The maximum atomic E-state index is 13.1. The molecule has 2 aromatic rings. The number of hydrogen-bond donors (Lipinski definition) is 0. The third kappa shape index (κ3) is 3.99. The van der Waals surface area contributed by atoms with Gasteiger partial charge in [0, 0.05) is 23.7 Å². The van der Waals surface area contributed by atoms with E-state index in [0.717, 1.165) is 63.0 Å². The Morgan fingerprint density at radius 1 is 0.828 bits per heavy atom. The summed E-state index contributed by atoms with van der Waals surface area (Å²) in [6, 6.07) is 4.92. The third-order valence-electron chi connectivity index (χ3n) is 6.04. The van der Waals surface area contributed by atoms with Crippen molar-refractivity contribution in [3.8, 4) is 11.3 Å². The van der Waals surface area contributed by atoms with Crippen LogP contribution in [0.2, 0.25) is 0 Å². The van der Waals surface area contributed by atoms with Crippen LogP contribution in [0.5, 0.6) is 0 Å². The zero-order valence-corrected chi connectivity index (χ0v) is 15.6. The van der Waals surface area contributed by atoms with Gasteiger partial charge in [0.2, 0.25) is 0 Å². The second-order valence-corrected chi connectivity index (χ2v) is 7.99. The van der Waals surface area contributed by atoms with E-state index in [0.29, 0.717) is 0 Å². The molecule has 0 spiro atoms. The smallest absolute Gasteiger partial charge is 0.302 e. The fourth-order valence-electron chi connectivity index (χ4n) is 4.62. The molecule has 0 N–H and O–H groups in total. The van der Waals surface area contributed by atoms with E-state index in [4.69, 9.17) is 0 Å². The molecule has 2 aliphatic heterocycles. The van der Waals surface area contributed by atoms with Crippen LogP contribution >= 0.6 is 0 Å². The van der Waals surface area contributed by atoms with Crippen LogP contribution in [-0.2, 0) is 17.8 Å². The van der Waals surface area contributed by atoms with E-state index in [1.165, 1.54) is 6.07 Å². The van der Waals surface area contributed by atoms with Gasteiger partial charge < -0.3 is 4.90 Å². The molecule has 8 heteroatoms. The van der Waals surface area contributed by atoms with Crippen LogP contribution < -0.4 is 0 Å². The SMILES string of the molecule is FC(F)(F)c1cc(-c2ccc(C34CCCN(CCC3)C4)cn2)cc(C(F)(F)F)c1. The molecule has 2 saturated heterocycles. The summed E-state index contributed by atoms with van der Waals surface area (Å²) in [6.07, 6.45) is -3.93. The number of nitrogens with zero attached hydrogens (tertiary/aromatic N) is 2. The molecule has 2 aliphatic rings. The van der Waals surface area contributed by atoms with Crippen molar-refractivity contribution in [1.29, 1.82) is 0 Å². The van der Waals surface area contributed by atoms with E-state index < -0.39 is 23.5 Å². The average Bonchev–Trinajstić information content (AvgIpc) is 2.66. The van der Waals surface area contributed by atoms with Crippen molar-refractivity contribution in [1.82, 2.24) is 9.88 Å². The molecule has 0 aliphatic carbocycles. The number of benzene rings is 1. The Bertz CT molecular complexity index is 843. The number of alkyl halides is 6. The summed E-state index contributed by atoms with van der Waals surface area (Å²) in [7, 11) is 0. The highest BCUT2D eigenvalue weighted by molar-refractivity contribution is 5.62. The number of aromatic nitrogens is 1. The average molecular weight is 414 g/mol. The minimum atomic E-state index is -4.87. The zero-order valence-electron chi connectivity index (χ0n) is 15.6. The van der Waals surface area contributed by atoms with Crippen LogP contribution in [0.25, 0.3) is 11.3 Å². The summed E-state index contributed by atoms with van der Waals surface area (Å²) >= 11 is 0. The highest BCUT2D eigenvalue weighted by Gasteiger charge is 2.40. The van der Waals surface area contributed by atoms with Crippen molar-refractivity contribution in [3.05, 3.63) is 53.2 Å². The lowest BCUT2D eigenvalue weighted by atomic mass is 9.69. The van der Waals surface area contributed by atoms with Gasteiger partial charge in [-0.05, 0) is 68.6 Å². The fraction of sp³-hybridized carbons (Fsp3) is 0.476. The molecule has 4 rings (SSSR count). The van der Waals surface area contributed by atoms with Crippen molar-refractivity contribution in [2.75, 3.05) is 19.6 Å². The summed E-state index contributed by atoms with van der Waals surface area (Å²) in [5, 5.41) is 0. The maximum Gasteiger partial charge on any atom is 0.416 e. The Morgan fingerprint density at radius 2 is 1.41 bits per heavy atom. The second-order valence-electron chi connectivity index (χ2n) is 7.99. The second kappa shape index (κ2) is 7.00.